The number of aryl methyl sites for hydroxylation is 1. The molecule has 0 saturated carbocycles. The predicted molar refractivity (Wildman–Crippen MR) is 104 cm³/mol. The molecule has 0 radical (unpaired) electrons. The van der Waals surface area contributed by atoms with Gasteiger partial charge in [0.1, 0.15) is 17.0 Å². The summed E-state index contributed by atoms with van der Waals surface area (Å²) in [6.07, 6.45) is 7.18. The van der Waals surface area contributed by atoms with E-state index in [0.717, 1.165) is 30.8 Å². The van der Waals surface area contributed by atoms with E-state index >= 15 is 0 Å². The number of para-hydroxylation sites is 1. The molecule has 1 saturated heterocycles. The summed E-state index contributed by atoms with van der Waals surface area (Å²) in [4.78, 5) is 0.275. The van der Waals surface area contributed by atoms with Crippen molar-refractivity contribution >= 4 is 10.0 Å². The van der Waals surface area contributed by atoms with Gasteiger partial charge >= 0.3 is 0 Å². The Hall–Kier alpha value is -2.52. The van der Waals surface area contributed by atoms with E-state index in [2.05, 4.69) is 15.3 Å². The molecule has 9 heteroatoms. The smallest absolute Gasteiger partial charge is 0.246 e. The Morgan fingerprint density at radius 2 is 1.89 bits per heavy atom. The summed E-state index contributed by atoms with van der Waals surface area (Å²) in [5, 5.41) is 12.4. The summed E-state index contributed by atoms with van der Waals surface area (Å²) in [5.41, 5.74) is 1.04. The molecule has 0 N–H and O–H groups in total. The first kappa shape index (κ1) is 18.8. The van der Waals surface area contributed by atoms with E-state index in [9.17, 15) is 8.42 Å². The molecule has 0 spiro atoms. The van der Waals surface area contributed by atoms with E-state index in [-0.39, 0.29) is 4.90 Å². The molecule has 3 heterocycles. The molecule has 2 aromatic heterocycles. The first-order valence-electron chi connectivity index (χ1n) is 9.55. The summed E-state index contributed by atoms with van der Waals surface area (Å²) in [5.74, 6) is 1.30. The Bertz CT molecular complexity index is 1020. The molecule has 0 atom stereocenters. The van der Waals surface area contributed by atoms with Crippen LogP contribution >= 0.6 is 0 Å². The normalized spacial score (nSPS) is 16.5. The zero-order valence-electron chi connectivity index (χ0n) is 15.8. The summed E-state index contributed by atoms with van der Waals surface area (Å²) < 4.78 is 30.9. The number of piperidine rings is 1. The Morgan fingerprint density at radius 1 is 1.14 bits per heavy atom. The third kappa shape index (κ3) is 3.72. The van der Waals surface area contributed by atoms with Crippen LogP contribution in [-0.4, -0.2) is 50.4 Å². The molecule has 4 rings (SSSR count). The van der Waals surface area contributed by atoms with Crippen molar-refractivity contribution < 1.29 is 8.42 Å². The molecule has 0 unspecified atom stereocenters. The third-order valence-corrected chi connectivity index (χ3v) is 7.12. The fourth-order valence-corrected chi connectivity index (χ4v) is 5.04. The number of aromatic nitrogens is 5. The van der Waals surface area contributed by atoms with Gasteiger partial charge in [0.15, 0.2) is 0 Å². The molecule has 0 aliphatic carbocycles. The van der Waals surface area contributed by atoms with Crippen molar-refractivity contribution in [3.05, 3.63) is 54.9 Å². The van der Waals surface area contributed by atoms with Crippen LogP contribution in [-0.2, 0) is 23.0 Å². The molecular weight excluding hydrogens is 376 g/mol. The second kappa shape index (κ2) is 7.84. The summed E-state index contributed by atoms with van der Waals surface area (Å²) in [7, 11) is -3.47. The monoisotopic (exact) mass is 400 g/mol. The van der Waals surface area contributed by atoms with Gasteiger partial charge in [0.25, 0.3) is 0 Å². The van der Waals surface area contributed by atoms with Gasteiger partial charge < -0.3 is 0 Å². The Morgan fingerprint density at radius 3 is 2.57 bits per heavy atom. The Kier molecular flexibility index (Phi) is 5.27. The quantitative estimate of drug-likeness (QED) is 0.633. The maximum absolute atomic E-state index is 12.8. The van der Waals surface area contributed by atoms with Crippen LogP contribution in [0.15, 0.2) is 53.9 Å². The molecule has 1 aromatic carbocycles. The van der Waals surface area contributed by atoms with Crippen LogP contribution in [0.5, 0.6) is 0 Å². The number of rotatable bonds is 6. The van der Waals surface area contributed by atoms with Crippen molar-refractivity contribution in [2.45, 2.75) is 37.6 Å². The van der Waals surface area contributed by atoms with E-state index in [1.807, 2.05) is 41.8 Å². The number of sulfonamides is 1. The minimum Gasteiger partial charge on any atom is -0.286 e. The molecule has 3 aromatic rings. The molecule has 28 heavy (non-hydrogen) atoms. The summed E-state index contributed by atoms with van der Waals surface area (Å²) in [6, 6.07) is 10.0. The van der Waals surface area contributed by atoms with Gasteiger partial charge in [-0.1, -0.05) is 18.2 Å². The van der Waals surface area contributed by atoms with Crippen LogP contribution in [0.25, 0.3) is 5.69 Å². The van der Waals surface area contributed by atoms with Gasteiger partial charge in [-0.25, -0.2) is 8.42 Å². The van der Waals surface area contributed by atoms with E-state index in [0.29, 0.717) is 25.6 Å². The van der Waals surface area contributed by atoms with Gasteiger partial charge in [0.2, 0.25) is 10.0 Å². The Labute approximate surface area is 164 Å². The highest BCUT2D eigenvalue weighted by Gasteiger charge is 2.31. The lowest BCUT2D eigenvalue weighted by Gasteiger charge is -2.30. The molecule has 0 bridgehead atoms. The molecular formula is C19H24N6O2S. The van der Waals surface area contributed by atoms with E-state index in [1.165, 1.54) is 6.20 Å². The molecule has 1 fully saturated rings. The van der Waals surface area contributed by atoms with Crippen LogP contribution in [0.1, 0.15) is 25.6 Å². The molecule has 1 aliphatic heterocycles. The second-order valence-electron chi connectivity index (χ2n) is 7.04. The number of hydrogen-bond donors (Lipinski definition) is 0. The van der Waals surface area contributed by atoms with Crippen molar-refractivity contribution in [3.63, 3.8) is 0 Å². The average molecular weight is 401 g/mol. The van der Waals surface area contributed by atoms with Crippen LogP contribution in [0.4, 0.5) is 0 Å². The van der Waals surface area contributed by atoms with Crippen LogP contribution in [0, 0.1) is 5.92 Å². The summed E-state index contributed by atoms with van der Waals surface area (Å²) in [6.45, 7) is 3.62. The average Bonchev–Trinajstić information content (AvgIpc) is 3.39. The molecule has 8 nitrogen and oxygen atoms in total. The van der Waals surface area contributed by atoms with E-state index in [4.69, 9.17) is 0 Å². The topological polar surface area (TPSA) is 85.9 Å². The fraction of sp³-hybridized carbons (Fsp3) is 0.421. The first-order chi connectivity index (χ1) is 13.6. The molecule has 148 valence electrons. The predicted octanol–water partition coefficient (Wildman–Crippen LogP) is 2.13. The zero-order chi connectivity index (χ0) is 19.6. The van der Waals surface area contributed by atoms with Crippen LogP contribution < -0.4 is 0 Å². The fourth-order valence-electron chi connectivity index (χ4n) is 3.61. The Balaban J connectivity index is 1.41. The second-order valence-corrected chi connectivity index (χ2v) is 8.97. The number of nitrogens with zero attached hydrogens (tertiary/aromatic N) is 6. The molecule has 0 amide bonds. The van der Waals surface area contributed by atoms with Crippen molar-refractivity contribution in [2.75, 3.05) is 13.1 Å². The van der Waals surface area contributed by atoms with Crippen molar-refractivity contribution in [3.8, 4) is 5.69 Å². The van der Waals surface area contributed by atoms with Crippen molar-refractivity contribution in [1.29, 1.82) is 0 Å². The van der Waals surface area contributed by atoms with Gasteiger partial charge in [-0.15, -0.1) is 10.2 Å². The lowest BCUT2D eigenvalue weighted by Crippen LogP contribution is -2.38. The SMILES string of the molecule is CCn1cc(S(=O)(=O)N2CCC(Cc3nncn3-c3ccccc3)CC2)cn1. The van der Waals surface area contributed by atoms with Crippen molar-refractivity contribution in [2.24, 2.45) is 5.92 Å². The standard InChI is InChI=1S/C19H24N6O2S/c1-2-23-14-18(13-21-23)28(26,27)24-10-8-16(9-11-24)12-19-22-20-15-25(19)17-6-4-3-5-7-17/h3-7,13-16H,2,8-12H2,1H3. The molecule has 1 aliphatic rings. The lowest BCUT2D eigenvalue weighted by molar-refractivity contribution is 0.270. The highest BCUT2D eigenvalue weighted by molar-refractivity contribution is 7.89. The summed E-state index contributed by atoms with van der Waals surface area (Å²) >= 11 is 0. The third-order valence-electron chi connectivity index (χ3n) is 5.27. The highest BCUT2D eigenvalue weighted by atomic mass is 32.2. The maximum atomic E-state index is 12.8. The minimum atomic E-state index is -3.47. The van der Waals surface area contributed by atoms with E-state index in [1.54, 1.807) is 21.5 Å². The minimum absolute atomic E-state index is 0.275. The van der Waals surface area contributed by atoms with Gasteiger partial charge in [0, 0.05) is 37.9 Å². The van der Waals surface area contributed by atoms with Gasteiger partial charge in [0.05, 0.1) is 6.20 Å². The van der Waals surface area contributed by atoms with E-state index < -0.39 is 10.0 Å². The van der Waals surface area contributed by atoms with Gasteiger partial charge in [-0.2, -0.15) is 9.40 Å². The first-order valence-corrected chi connectivity index (χ1v) is 11.0. The van der Waals surface area contributed by atoms with Crippen LogP contribution in [0.2, 0.25) is 0 Å². The van der Waals surface area contributed by atoms with Crippen LogP contribution in [0.3, 0.4) is 0 Å². The van der Waals surface area contributed by atoms with Crippen molar-refractivity contribution in [1.82, 2.24) is 28.9 Å². The van der Waals surface area contributed by atoms with Gasteiger partial charge in [-0.05, 0) is 37.8 Å². The largest absolute Gasteiger partial charge is 0.286 e. The number of benzene rings is 1. The highest BCUT2D eigenvalue weighted by Crippen LogP contribution is 2.26. The van der Waals surface area contributed by atoms with Gasteiger partial charge in [-0.3, -0.25) is 9.25 Å². The zero-order valence-corrected chi connectivity index (χ0v) is 16.7. The number of hydrogen-bond acceptors (Lipinski definition) is 5. The lowest BCUT2D eigenvalue weighted by atomic mass is 9.94. The maximum Gasteiger partial charge on any atom is 0.246 e.